The molecule has 4 rings (SSSR count). The normalized spacial score (nSPS) is 24.4. The summed E-state index contributed by atoms with van der Waals surface area (Å²) in [4.78, 5) is 11.0. The Kier molecular flexibility index (Phi) is 4.81. The zero-order chi connectivity index (χ0) is 17.1. The number of benzene rings is 1. The molecule has 2 aliphatic rings. The molecule has 2 saturated heterocycles. The van der Waals surface area contributed by atoms with Gasteiger partial charge in [-0.15, -0.1) is 0 Å². The highest BCUT2D eigenvalue weighted by molar-refractivity contribution is 5.36. The molecule has 6 nitrogen and oxygen atoms in total. The van der Waals surface area contributed by atoms with Crippen LogP contribution in [-0.2, 0) is 0 Å². The van der Waals surface area contributed by atoms with Gasteiger partial charge in [-0.3, -0.25) is 15.8 Å². The van der Waals surface area contributed by atoms with E-state index in [4.69, 9.17) is 4.74 Å². The zero-order valence-electron chi connectivity index (χ0n) is 14.6. The highest BCUT2D eigenvalue weighted by Gasteiger charge is 2.36. The number of hydrogen-bond donors (Lipinski definition) is 2. The fourth-order valence-corrected chi connectivity index (χ4v) is 4.10. The van der Waals surface area contributed by atoms with E-state index in [1.807, 2.05) is 12.3 Å². The van der Waals surface area contributed by atoms with Crippen LogP contribution in [0.5, 0.6) is 5.75 Å². The molecule has 2 fully saturated rings. The Balaban J connectivity index is 1.43. The van der Waals surface area contributed by atoms with Crippen LogP contribution < -0.4 is 20.5 Å². The van der Waals surface area contributed by atoms with Gasteiger partial charge < -0.3 is 9.64 Å². The Bertz CT molecular complexity index is 687. The maximum atomic E-state index is 5.40. The van der Waals surface area contributed by atoms with Crippen LogP contribution in [0.3, 0.4) is 0 Å². The number of methoxy groups -OCH3 is 1. The minimum absolute atomic E-state index is 0.455. The minimum Gasteiger partial charge on any atom is -0.497 e. The van der Waals surface area contributed by atoms with Crippen LogP contribution in [0.4, 0.5) is 5.82 Å². The van der Waals surface area contributed by atoms with E-state index in [1.165, 1.54) is 5.56 Å². The lowest BCUT2D eigenvalue weighted by Crippen LogP contribution is -2.44. The number of rotatable bonds is 4. The summed E-state index contributed by atoms with van der Waals surface area (Å²) in [7, 11) is 1.73. The average Bonchev–Trinajstić information content (AvgIpc) is 3.19. The molecule has 0 saturated carbocycles. The van der Waals surface area contributed by atoms with Crippen molar-refractivity contribution in [2.75, 3.05) is 31.6 Å². The predicted octanol–water partition coefficient (Wildman–Crippen LogP) is 1.96. The van der Waals surface area contributed by atoms with Crippen LogP contribution in [-0.4, -0.2) is 42.8 Å². The first-order valence-electron chi connectivity index (χ1n) is 8.98. The second-order valence-electron chi connectivity index (χ2n) is 6.82. The zero-order valence-corrected chi connectivity index (χ0v) is 14.6. The number of ether oxygens (including phenoxy) is 1. The van der Waals surface area contributed by atoms with Gasteiger partial charge in [-0.1, -0.05) is 12.1 Å². The standard InChI is InChI=1S/C19H25N5O/c1-25-16-4-2-3-15(11-16)17-12-22-23-19(17)14-5-9-24(10-6-14)18-13-20-7-8-21-18/h2-4,7-8,11,13-14,17,19,22-23H,5-6,9-10,12H2,1H3. The minimum atomic E-state index is 0.455. The van der Waals surface area contributed by atoms with Gasteiger partial charge in [0.25, 0.3) is 0 Å². The molecule has 1 aromatic carbocycles. The van der Waals surface area contributed by atoms with Crippen molar-refractivity contribution >= 4 is 5.82 Å². The summed E-state index contributed by atoms with van der Waals surface area (Å²) in [5.41, 5.74) is 8.25. The molecule has 2 atom stereocenters. The third kappa shape index (κ3) is 3.45. The molecule has 2 aliphatic heterocycles. The van der Waals surface area contributed by atoms with Gasteiger partial charge in [0.1, 0.15) is 11.6 Å². The third-order valence-electron chi connectivity index (χ3n) is 5.47. The summed E-state index contributed by atoms with van der Waals surface area (Å²) >= 11 is 0. The lowest BCUT2D eigenvalue weighted by Gasteiger charge is -2.37. The number of nitrogens with zero attached hydrogens (tertiary/aromatic N) is 3. The van der Waals surface area contributed by atoms with Crippen molar-refractivity contribution in [3.05, 3.63) is 48.4 Å². The molecule has 6 heteroatoms. The van der Waals surface area contributed by atoms with Crippen molar-refractivity contribution in [3.8, 4) is 5.75 Å². The molecule has 2 aromatic rings. The molecule has 3 heterocycles. The van der Waals surface area contributed by atoms with E-state index in [0.717, 1.165) is 44.0 Å². The van der Waals surface area contributed by atoms with Crippen molar-refractivity contribution < 1.29 is 4.74 Å². The Hall–Kier alpha value is -2.18. The smallest absolute Gasteiger partial charge is 0.147 e. The largest absolute Gasteiger partial charge is 0.497 e. The molecule has 2 N–H and O–H groups in total. The average molecular weight is 339 g/mol. The highest BCUT2D eigenvalue weighted by atomic mass is 16.5. The number of piperidine rings is 1. The number of hydrogen-bond acceptors (Lipinski definition) is 6. The van der Waals surface area contributed by atoms with Gasteiger partial charge in [-0.25, -0.2) is 4.98 Å². The SMILES string of the molecule is COc1cccc(C2CNNC2C2CCN(c3cnccn3)CC2)c1. The van der Waals surface area contributed by atoms with Crippen LogP contribution in [0.25, 0.3) is 0 Å². The van der Waals surface area contributed by atoms with Gasteiger partial charge in [0.15, 0.2) is 0 Å². The molecule has 0 radical (unpaired) electrons. The predicted molar refractivity (Wildman–Crippen MR) is 97.6 cm³/mol. The van der Waals surface area contributed by atoms with Gasteiger partial charge in [0.2, 0.25) is 0 Å². The Morgan fingerprint density at radius 3 is 2.84 bits per heavy atom. The first-order valence-corrected chi connectivity index (χ1v) is 8.98. The van der Waals surface area contributed by atoms with Gasteiger partial charge in [0.05, 0.1) is 13.3 Å². The highest BCUT2D eigenvalue weighted by Crippen LogP contribution is 2.34. The van der Waals surface area contributed by atoms with Crippen LogP contribution >= 0.6 is 0 Å². The van der Waals surface area contributed by atoms with Gasteiger partial charge in [-0.05, 0) is 36.5 Å². The first-order chi connectivity index (χ1) is 12.3. The first kappa shape index (κ1) is 16.3. The lowest BCUT2D eigenvalue weighted by molar-refractivity contribution is 0.295. The van der Waals surface area contributed by atoms with Crippen LogP contribution in [0.2, 0.25) is 0 Å². The lowest BCUT2D eigenvalue weighted by atomic mass is 9.80. The topological polar surface area (TPSA) is 62.3 Å². The van der Waals surface area contributed by atoms with E-state index in [2.05, 4.69) is 43.9 Å². The molecule has 0 bridgehead atoms. The van der Waals surface area contributed by atoms with E-state index in [0.29, 0.717) is 17.9 Å². The Morgan fingerprint density at radius 1 is 1.20 bits per heavy atom. The number of hydrazine groups is 1. The van der Waals surface area contributed by atoms with Crippen molar-refractivity contribution in [2.24, 2.45) is 5.92 Å². The number of nitrogens with one attached hydrogen (secondary N) is 2. The van der Waals surface area contributed by atoms with Gasteiger partial charge >= 0.3 is 0 Å². The summed E-state index contributed by atoms with van der Waals surface area (Å²) in [6.07, 6.45) is 7.67. The second kappa shape index (κ2) is 7.37. The molecular weight excluding hydrogens is 314 g/mol. The third-order valence-corrected chi connectivity index (χ3v) is 5.47. The van der Waals surface area contributed by atoms with E-state index in [-0.39, 0.29) is 0 Å². The molecular formula is C19H25N5O. The van der Waals surface area contributed by atoms with Crippen molar-refractivity contribution in [3.63, 3.8) is 0 Å². The fourth-order valence-electron chi connectivity index (χ4n) is 4.10. The fraction of sp³-hybridized carbons (Fsp3) is 0.474. The quantitative estimate of drug-likeness (QED) is 0.888. The molecule has 0 aliphatic carbocycles. The van der Waals surface area contributed by atoms with Crippen molar-refractivity contribution in [1.29, 1.82) is 0 Å². The second-order valence-corrected chi connectivity index (χ2v) is 6.82. The van der Waals surface area contributed by atoms with E-state index in [1.54, 1.807) is 19.5 Å². The molecule has 25 heavy (non-hydrogen) atoms. The molecule has 0 amide bonds. The van der Waals surface area contributed by atoms with Crippen LogP contribution in [0, 0.1) is 5.92 Å². The van der Waals surface area contributed by atoms with Crippen molar-refractivity contribution in [1.82, 2.24) is 20.8 Å². The number of aromatic nitrogens is 2. The summed E-state index contributed by atoms with van der Waals surface area (Å²) in [5, 5.41) is 0. The molecule has 1 aromatic heterocycles. The van der Waals surface area contributed by atoms with Crippen molar-refractivity contribution in [2.45, 2.75) is 24.8 Å². The summed E-state index contributed by atoms with van der Waals surface area (Å²) in [6, 6.07) is 8.93. The van der Waals surface area contributed by atoms with E-state index >= 15 is 0 Å². The summed E-state index contributed by atoms with van der Waals surface area (Å²) in [5.74, 6) is 3.05. The summed E-state index contributed by atoms with van der Waals surface area (Å²) < 4.78 is 5.40. The molecule has 2 unspecified atom stereocenters. The van der Waals surface area contributed by atoms with E-state index in [9.17, 15) is 0 Å². The van der Waals surface area contributed by atoms with Gasteiger partial charge in [0, 0.05) is 44.0 Å². The van der Waals surface area contributed by atoms with E-state index < -0.39 is 0 Å². The molecule has 0 spiro atoms. The maximum absolute atomic E-state index is 5.40. The summed E-state index contributed by atoms with van der Waals surface area (Å²) in [6.45, 7) is 3.03. The van der Waals surface area contributed by atoms with Gasteiger partial charge in [-0.2, -0.15) is 0 Å². The Morgan fingerprint density at radius 2 is 2.08 bits per heavy atom. The number of anilines is 1. The molecule has 132 valence electrons. The monoisotopic (exact) mass is 339 g/mol. The van der Waals surface area contributed by atoms with Crippen LogP contribution in [0.15, 0.2) is 42.9 Å². The maximum Gasteiger partial charge on any atom is 0.147 e. The van der Waals surface area contributed by atoms with Crippen LogP contribution in [0.1, 0.15) is 24.3 Å². The Labute approximate surface area is 148 Å².